The van der Waals surface area contributed by atoms with Crippen LogP contribution in [-0.2, 0) is 0 Å². The first-order valence-electron chi connectivity index (χ1n) is 4.75. The Labute approximate surface area is 91.5 Å². The minimum Gasteiger partial charge on any atom is -0.478 e. The van der Waals surface area contributed by atoms with Gasteiger partial charge < -0.3 is 15.2 Å². The van der Waals surface area contributed by atoms with E-state index >= 15 is 0 Å². The minimum atomic E-state index is -3.17. The molecule has 5 nitrogen and oxygen atoms in total. The van der Waals surface area contributed by atoms with Crippen LogP contribution in [0, 0.1) is 0 Å². The zero-order valence-electron chi connectivity index (χ0n) is 8.78. The number of alkyl halides is 2. The summed E-state index contributed by atoms with van der Waals surface area (Å²) in [6.45, 7) is 0.327. The summed E-state index contributed by atoms with van der Waals surface area (Å²) in [5.41, 5.74) is 0. The zero-order valence-corrected chi connectivity index (χ0v) is 8.78. The van der Waals surface area contributed by atoms with Crippen LogP contribution in [-0.4, -0.2) is 40.8 Å². The lowest BCUT2D eigenvalue weighted by Crippen LogP contribution is -2.31. The highest BCUT2D eigenvalue weighted by Crippen LogP contribution is 2.15. The van der Waals surface area contributed by atoms with E-state index in [1.165, 1.54) is 12.4 Å². The second-order valence-corrected chi connectivity index (χ2v) is 3.04. The molecule has 0 aliphatic carbocycles. The van der Waals surface area contributed by atoms with Gasteiger partial charge in [-0.2, -0.15) is 0 Å². The molecule has 1 aromatic heterocycles. The van der Waals surface area contributed by atoms with E-state index in [0.29, 0.717) is 12.5 Å². The van der Waals surface area contributed by atoms with Gasteiger partial charge in [0.05, 0.1) is 13.2 Å². The van der Waals surface area contributed by atoms with Crippen molar-refractivity contribution in [3.63, 3.8) is 0 Å². The van der Waals surface area contributed by atoms with Crippen LogP contribution in [0.15, 0.2) is 12.4 Å². The highest BCUT2D eigenvalue weighted by atomic mass is 19.3. The van der Waals surface area contributed by atoms with Crippen LogP contribution in [0.2, 0.25) is 0 Å². The first-order valence-corrected chi connectivity index (χ1v) is 4.75. The van der Waals surface area contributed by atoms with Gasteiger partial charge in [0.2, 0.25) is 5.88 Å². The van der Waals surface area contributed by atoms with Crippen LogP contribution in [0.4, 0.5) is 14.6 Å². The van der Waals surface area contributed by atoms with Gasteiger partial charge in [0.15, 0.2) is 0 Å². The Bertz CT molecular complexity index is 336. The number of aliphatic hydroxyl groups is 1. The molecule has 0 unspecified atom stereocenters. The molecule has 1 heterocycles. The number of ether oxygens (including phenoxy) is 1. The number of halogens is 2. The van der Waals surface area contributed by atoms with Crippen LogP contribution in [0.3, 0.4) is 0 Å². The number of aromatic nitrogens is 2. The van der Waals surface area contributed by atoms with Gasteiger partial charge in [-0.3, -0.25) is 0 Å². The molecule has 0 saturated carbocycles. The third-order valence-corrected chi connectivity index (χ3v) is 1.69. The Morgan fingerprint density at radius 2 is 2.25 bits per heavy atom. The van der Waals surface area contributed by atoms with Gasteiger partial charge in [-0.1, -0.05) is 0 Å². The Morgan fingerprint density at radius 1 is 1.50 bits per heavy atom. The number of aliphatic hydroxyl groups excluding tert-OH is 1. The average molecular weight is 233 g/mol. The highest BCUT2D eigenvalue weighted by Gasteiger charge is 2.27. The Morgan fingerprint density at radius 3 is 2.88 bits per heavy atom. The maximum absolute atomic E-state index is 12.7. The van der Waals surface area contributed by atoms with Crippen molar-refractivity contribution in [2.75, 3.05) is 25.1 Å². The first kappa shape index (κ1) is 12.6. The summed E-state index contributed by atoms with van der Waals surface area (Å²) >= 11 is 0. The molecule has 90 valence electrons. The fourth-order valence-corrected chi connectivity index (χ4v) is 0.939. The van der Waals surface area contributed by atoms with Gasteiger partial charge in [-0.15, -0.1) is 0 Å². The molecular weight excluding hydrogens is 220 g/mol. The van der Waals surface area contributed by atoms with E-state index in [0.717, 1.165) is 0 Å². The molecule has 16 heavy (non-hydrogen) atoms. The predicted molar refractivity (Wildman–Crippen MR) is 53.7 cm³/mol. The van der Waals surface area contributed by atoms with E-state index in [1.54, 1.807) is 6.92 Å². The molecule has 0 amide bonds. The van der Waals surface area contributed by atoms with Gasteiger partial charge in [-0.05, 0) is 6.92 Å². The van der Waals surface area contributed by atoms with Crippen molar-refractivity contribution in [1.82, 2.24) is 9.97 Å². The third kappa shape index (κ3) is 3.93. The van der Waals surface area contributed by atoms with Crippen LogP contribution in [0.5, 0.6) is 5.88 Å². The van der Waals surface area contributed by atoms with Gasteiger partial charge in [0.1, 0.15) is 18.8 Å². The number of nitrogens with zero attached hydrogens (tertiary/aromatic N) is 2. The Balaban J connectivity index is 2.57. The van der Waals surface area contributed by atoms with Crippen LogP contribution >= 0.6 is 0 Å². The third-order valence-electron chi connectivity index (χ3n) is 1.69. The van der Waals surface area contributed by atoms with Crippen molar-refractivity contribution in [1.29, 1.82) is 0 Å². The average Bonchev–Trinajstić information content (AvgIpc) is 2.28. The van der Waals surface area contributed by atoms with Gasteiger partial charge in [0, 0.05) is 6.07 Å². The lowest BCUT2D eigenvalue weighted by atomic mass is 10.3. The van der Waals surface area contributed by atoms with E-state index < -0.39 is 19.1 Å². The zero-order chi connectivity index (χ0) is 12.0. The largest absolute Gasteiger partial charge is 0.478 e. The van der Waals surface area contributed by atoms with Gasteiger partial charge in [-0.25, -0.2) is 18.7 Å². The van der Waals surface area contributed by atoms with E-state index in [4.69, 9.17) is 9.84 Å². The normalized spacial score (nSPS) is 11.2. The molecule has 0 aromatic carbocycles. The van der Waals surface area contributed by atoms with Crippen molar-refractivity contribution < 1.29 is 18.6 Å². The summed E-state index contributed by atoms with van der Waals surface area (Å²) in [5.74, 6) is -2.63. The van der Waals surface area contributed by atoms with E-state index in [9.17, 15) is 8.78 Å². The van der Waals surface area contributed by atoms with Crippen molar-refractivity contribution in [2.45, 2.75) is 12.8 Å². The standard InChI is InChI=1S/C9H13F2N3O2/c1-2-16-8-3-7(13-6-14-8)12-4-9(10,11)5-15/h3,6,15H,2,4-5H2,1H3,(H,12,13,14). The Kier molecular flexibility index (Phi) is 4.36. The molecule has 1 aromatic rings. The number of anilines is 1. The van der Waals surface area contributed by atoms with Gasteiger partial charge >= 0.3 is 0 Å². The fourth-order valence-electron chi connectivity index (χ4n) is 0.939. The molecular formula is C9H13F2N3O2. The van der Waals surface area contributed by atoms with E-state index in [-0.39, 0.29) is 5.82 Å². The summed E-state index contributed by atoms with van der Waals surface area (Å²) in [4.78, 5) is 7.53. The van der Waals surface area contributed by atoms with Crippen LogP contribution < -0.4 is 10.1 Å². The summed E-state index contributed by atoms with van der Waals surface area (Å²) in [6, 6.07) is 1.41. The maximum atomic E-state index is 12.7. The van der Waals surface area contributed by atoms with E-state index in [2.05, 4.69) is 15.3 Å². The molecule has 0 bridgehead atoms. The lowest BCUT2D eigenvalue weighted by molar-refractivity contribution is -0.0373. The molecule has 0 atom stereocenters. The number of rotatable bonds is 6. The van der Waals surface area contributed by atoms with Crippen molar-refractivity contribution >= 4 is 5.82 Å². The minimum absolute atomic E-state index is 0.228. The van der Waals surface area contributed by atoms with E-state index in [1.807, 2.05) is 0 Å². The second kappa shape index (κ2) is 5.55. The topological polar surface area (TPSA) is 67.3 Å². The maximum Gasteiger partial charge on any atom is 0.287 e. The monoisotopic (exact) mass is 233 g/mol. The fraction of sp³-hybridized carbons (Fsp3) is 0.556. The van der Waals surface area contributed by atoms with Crippen LogP contribution in [0.25, 0.3) is 0 Å². The molecule has 0 spiro atoms. The van der Waals surface area contributed by atoms with Gasteiger partial charge in [0.25, 0.3) is 5.92 Å². The molecule has 0 fully saturated rings. The lowest BCUT2D eigenvalue weighted by Gasteiger charge is -2.14. The predicted octanol–water partition coefficient (Wildman–Crippen LogP) is 0.915. The smallest absolute Gasteiger partial charge is 0.287 e. The van der Waals surface area contributed by atoms with Crippen LogP contribution in [0.1, 0.15) is 6.92 Å². The summed E-state index contributed by atoms with van der Waals surface area (Å²) in [5, 5.41) is 10.8. The first-order chi connectivity index (χ1) is 7.57. The number of hydrogen-bond acceptors (Lipinski definition) is 5. The number of hydrogen-bond donors (Lipinski definition) is 2. The molecule has 7 heteroatoms. The summed E-state index contributed by atoms with van der Waals surface area (Å²) in [7, 11) is 0. The summed E-state index contributed by atoms with van der Waals surface area (Å²) in [6.07, 6.45) is 1.21. The quantitative estimate of drug-likeness (QED) is 0.764. The molecule has 1 rings (SSSR count). The molecule has 0 aliphatic rings. The molecule has 0 aliphatic heterocycles. The van der Waals surface area contributed by atoms with Crippen molar-refractivity contribution in [3.05, 3.63) is 12.4 Å². The molecule has 0 saturated heterocycles. The number of nitrogens with one attached hydrogen (secondary N) is 1. The molecule has 2 N–H and O–H groups in total. The second-order valence-electron chi connectivity index (χ2n) is 3.04. The Hall–Kier alpha value is -1.50. The summed E-state index contributed by atoms with van der Waals surface area (Å²) < 4.78 is 30.5. The van der Waals surface area contributed by atoms with Crippen molar-refractivity contribution in [3.8, 4) is 5.88 Å². The highest BCUT2D eigenvalue weighted by molar-refractivity contribution is 5.37. The SMILES string of the molecule is CCOc1cc(NCC(F)(F)CO)ncn1. The van der Waals surface area contributed by atoms with Crippen molar-refractivity contribution in [2.24, 2.45) is 0 Å². The molecule has 0 radical (unpaired) electrons.